The average molecular weight is 426 g/mol. The number of hydrogen-bond donors (Lipinski definition) is 1. The molecular weight excluding hydrogens is 402 g/mol. The van der Waals surface area contributed by atoms with E-state index in [9.17, 15) is 9.00 Å². The lowest BCUT2D eigenvalue weighted by molar-refractivity contribution is 0.0944. The SMILES string of the molecule is COc1ccc(COc2nc(S(C)=O)ncc2C(=O)NCc2ccccc2)cc1C. The van der Waals surface area contributed by atoms with Crippen LogP contribution in [0.3, 0.4) is 0 Å². The number of hydrogen-bond acceptors (Lipinski definition) is 6. The molecule has 1 amide bonds. The molecule has 0 radical (unpaired) electrons. The van der Waals surface area contributed by atoms with Gasteiger partial charge in [-0.05, 0) is 35.7 Å². The van der Waals surface area contributed by atoms with Crippen LogP contribution in [-0.2, 0) is 24.0 Å². The Bertz CT molecular complexity index is 1060. The molecule has 30 heavy (non-hydrogen) atoms. The largest absolute Gasteiger partial charge is 0.496 e. The van der Waals surface area contributed by atoms with Gasteiger partial charge in [0.15, 0.2) is 0 Å². The van der Waals surface area contributed by atoms with Gasteiger partial charge in [0.2, 0.25) is 11.0 Å². The fourth-order valence-electron chi connectivity index (χ4n) is 2.81. The zero-order chi connectivity index (χ0) is 21.5. The van der Waals surface area contributed by atoms with E-state index in [1.807, 2.05) is 55.5 Å². The van der Waals surface area contributed by atoms with Gasteiger partial charge in [-0.3, -0.25) is 9.00 Å². The van der Waals surface area contributed by atoms with E-state index in [4.69, 9.17) is 9.47 Å². The number of benzene rings is 2. The van der Waals surface area contributed by atoms with Crippen LogP contribution in [0, 0.1) is 6.92 Å². The predicted molar refractivity (Wildman–Crippen MR) is 114 cm³/mol. The van der Waals surface area contributed by atoms with E-state index in [1.165, 1.54) is 12.5 Å². The third kappa shape index (κ3) is 5.42. The van der Waals surface area contributed by atoms with Gasteiger partial charge >= 0.3 is 0 Å². The Kier molecular flexibility index (Phi) is 7.13. The summed E-state index contributed by atoms with van der Waals surface area (Å²) < 4.78 is 22.9. The van der Waals surface area contributed by atoms with Gasteiger partial charge in [-0.1, -0.05) is 36.4 Å². The summed E-state index contributed by atoms with van der Waals surface area (Å²) >= 11 is 0. The molecule has 8 heteroatoms. The molecule has 1 N–H and O–H groups in total. The Morgan fingerprint density at radius 3 is 2.57 bits per heavy atom. The minimum atomic E-state index is -1.40. The molecule has 156 valence electrons. The van der Waals surface area contributed by atoms with Gasteiger partial charge < -0.3 is 14.8 Å². The standard InChI is InChI=1S/C22H23N3O4S/c1-15-11-17(9-10-19(15)28-2)14-29-21-18(13-24-22(25-21)30(3)27)20(26)23-12-16-7-5-4-6-8-16/h4-11,13H,12,14H2,1-3H3,(H,23,26). The number of amides is 1. The second kappa shape index (κ2) is 9.98. The van der Waals surface area contributed by atoms with E-state index in [0.29, 0.717) is 6.54 Å². The van der Waals surface area contributed by atoms with Crippen molar-refractivity contribution in [3.05, 3.63) is 77.0 Å². The summed E-state index contributed by atoms with van der Waals surface area (Å²) in [6, 6.07) is 15.2. The highest BCUT2D eigenvalue weighted by atomic mass is 32.2. The van der Waals surface area contributed by atoms with E-state index < -0.39 is 10.8 Å². The molecule has 1 heterocycles. The van der Waals surface area contributed by atoms with Gasteiger partial charge in [0.1, 0.15) is 17.9 Å². The van der Waals surface area contributed by atoms with Crippen molar-refractivity contribution in [1.29, 1.82) is 0 Å². The molecule has 3 rings (SSSR count). The van der Waals surface area contributed by atoms with Gasteiger partial charge in [0.25, 0.3) is 5.91 Å². The Morgan fingerprint density at radius 1 is 1.13 bits per heavy atom. The van der Waals surface area contributed by atoms with E-state index >= 15 is 0 Å². The van der Waals surface area contributed by atoms with Crippen LogP contribution in [0.1, 0.15) is 27.0 Å². The van der Waals surface area contributed by atoms with Gasteiger partial charge in [-0.2, -0.15) is 4.98 Å². The number of ether oxygens (including phenoxy) is 2. The zero-order valence-electron chi connectivity index (χ0n) is 17.0. The lowest BCUT2D eigenvalue weighted by Crippen LogP contribution is -2.24. The molecule has 0 fully saturated rings. The van der Waals surface area contributed by atoms with Crippen molar-refractivity contribution in [3.8, 4) is 11.6 Å². The number of aryl methyl sites for hydroxylation is 1. The third-order valence-corrected chi connectivity index (χ3v) is 5.08. The van der Waals surface area contributed by atoms with Crippen LogP contribution < -0.4 is 14.8 Å². The maximum Gasteiger partial charge on any atom is 0.258 e. The average Bonchev–Trinajstić information content (AvgIpc) is 2.76. The number of aromatic nitrogens is 2. The molecule has 0 saturated heterocycles. The van der Waals surface area contributed by atoms with Crippen molar-refractivity contribution in [1.82, 2.24) is 15.3 Å². The second-order valence-corrected chi connectivity index (χ2v) is 7.86. The van der Waals surface area contributed by atoms with Crippen LogP contribution in [0.15, 0.2) is 59.9 Å². The lowest BCUT2D eigenvalue weighted by Gasteiger charge is -2.12. The van der Waals surface area contributed by atoms with Gasteiger partial charge in [-0.25, -0.2) is 4.98 Å². The maximum absolute atomic E-state index is 12.7. The first-order valence-corrected chi connectivity index (χ1v) is 10.8. The molecule has 1 aromatic heterocycles. The van der Waals surface area contributed by atoms with Crippen LogP contribution in [-0.4, -0.2) is 33.4 Å². The molecule has 0 saturated carbocycles. The fourth-order valence-corrected chi connectivity index (χ4v) is 3.22. The van der Waals surface area contributed by atoms with Gasteiger partial charge in [0, 0.05) is 19.0 Å². The second-order valence-electron chi connectivity index (χ2n) is 6.59. The third-order valence-electron chi connectivity index (χ3n) is 4.36. The van der Waals surface area contributed by atoms with Crippen molar-refractivity contribution in [3.63, 3.8) is 0 Å². The van der Waals surface area contributed by atoms with Crippen LogP contribution in [0.25, 0.3) is 0 Å². The van der Waals surface area contributed by atoms with Crippen LogP contribution in [0.4, 0.5) is 0 Å². The first-order chi connectivity index (χ1) is 14.5. The summed E-state index contributed by atoms with van der Waals surface area (Å²) in [5.74, 6) is 0.507. The van der Waals surface area contributed by atoms with Crippen molar-refractivity contribution < 1.29 is 18.5 Å². The maximum atomic E-state index is 12.7. The summed E-state index contributed by atoms with van der Waals surface area (Å²) in [5.41, 5.74) is 3.01. The number of carbonyl (C=O) groups excluding carboxylic acids is 1. The Balaban J connectivity index is 1.78. The molecule has 1 atom stereocenters. The molecule has 0 aliphatic rings. The summed E-state index contributed by atoms with van der Waals surface area (Å²) in [6.07, 6.45) is 2.82. The summed E-state index contributed by atoms with van der Waals surface area (Å²) in [4.78, 5) is 20.9. The molecule has 2 aromatic carbocycles. The quantitative estimate of drug-likeness (QED) is 0.558. The number of rotatable bonds is 8. The van der Waals surface area contributed by atoms with Crippen molar-refractivity contribution >= 4 is 16.7 Å². The van der Waals surface area contributed by atoms with Crippen LogP contribution >= 0.6 is 0 Å². The summed E-state index contributed by atoms with van der Waals surface area (Å²) in [7, 11) is 0.216. The highest BCUT2D eigenvalue weighted by molar-refractivity contribution is 7.84. The van der Waals surface area contributed by atoms with Crippen molar-refractivity contribution in [2.75, 3.05) is 13.4 Å². The Labute approximate surface area is 177 Å². The van der Waals surface area contributed by atoms with Crippen molar-refractivity contribution in [2.45, 2.75) is 25.2 Å². The first-order valence-electron chi connectivity index (χ1n) is 9.27. The monoisotopic (exact) mass is 425 g/mol. The smallest absolute Gasteiger partial charge is 0.258 e. The minimum Gasteiger partial charge on any atom is -0.496 e. The van der Waals surface area contributed by atoms with Gasteiger partial charge in [0.05, 0.1) is 17.9 Å². The summed E-state index contributed by atoms with van der Waals surface area (Å²) in [6.45, 7) is 2.49. The molecular formula is C22H23N3O4S. The lowest BCUT2D eigenvalue weighted by atomic mass is 10.1. The number of carbonyl (C=O) groups is 1. The molecule has 0 bridgehead atoms. The highest BCUT2D eigenvalue weighted by Crippen LogP contribution is 2.21. The molecule has 1 unspecified atom stereocenters. The number of methoxy groups -OCH3 is 1. The zero-order valence-corrected chi connectivity index (χ0v) is 17.9. The van der Waals surface area contributed by atoms with E-state index in [-0.39, 0.29) is 29.1 Å². The van der Waals surface area contributed by atoms with E-state index in [2.05, 4.69) is 15.3 Å². The first kappa shape index (κ1) is 21.4. The molecule has 0 aliphatic heterocycles. The molecule has 7 nitrogen and oxygen atoms in total. The van der Waals surface area contributed by atoms with Crippen LogP contribution in [0.5, 0.6) is 11.6 Å². The Hall–Kier alpha value is -3.26. The number of nitrogens with zero attached hydrogens (tertiary/aromatic N) is 2. The highest BCUT2D eigenvalue weighted by Gasteiger charge is 2.18. The minimum absolute atomic E-state index is 0.0919. The Morgan fingerprint density at radius 2 is 1.90 bits per heavy atom. The molecule has 0 aliphatic carbocycles. The molecule has 0 spiro atoms. The van der Waals surface area contributed by atoms with Gasteiger partial charge in [-0.15, -0.1) is 0 Å². The molecule has 3 aromatic rings. The van der Waals surface area contributed by atoms with E-state index in [1.54, 1.807) is 7.11 Å². The fraction of sp³-hybridized carbons (Fsp3) is 0.227. The predicted octanol–water partition coefficient (Wildman–Crippen LogP) is 3.04. The topological polar surface area (TPSA) is 90.4 Å². The van der Waals surface area contributed by atoms with Crippen LogP contribution in [0.2, 0.25) is 0 Å². The normalized spacial score (nSPS) is 11.6. The summed E-state index contributed by atoms with van der Waals surface area (Å²) in [5, 5.41) is 2.94. The number of nitrogens with one attached hydrogen (secondary N) is 1. The van der Waals surface area contributed by atoms with Crippen molar-refractivity contribution in [2.24, 2.45) is 0 Å². The van der Waals surface area contributed by atoms with E-state index in [0.717, 1.165) is 22.4 Å².